The highest BCUT2D eigenvalue weighted by Gasteiger charge is 2.40. The van der Waals surface area contributed by atoms with Gasteiger partial charge in [-0.15, -0.1) is 0 Å². The van der Waals surface area contributed by atoms with Gasteiger partial charge in [0.15, 0.2) is 5.17 Å². The SMILES string of the molecule is C/C(C(=O)O)=C1\S/C(=N/C2CCCCC2)N(C2CCCCC2)C1=O. The molecular formula is C18H26N2O3S. The van der Waals surface area contributed by atoms with Gasteiger partial charge >= 0.3 is 5.97 Å². The monoisotopic (exact) mass is 350 g/mol. The van der Waals surface area contributed by atoms with Crippen LogP contribution in [0.1, 0.15) is 71.1 Å². The van der Waals surface area contributed by atoms with E-state index in [1.807, 2.05) is 4.90 Å². The van der Waals surface area contributed by atoms with Gasteiger partial charge in [-0.25, -0.2) is 4.79 Å². The number of carbonyl (C=O) groups excluding carboxylic acids is 1. The Bertz CT molecular complexity index is 573. The lowest BCUT2D eigenvalue weighted by Gasteiger charge is -2.31. The van der Waals surface area contributed by atoms with Crippen LogP contribution in [-0.4, -0.2) is 39.1 Å². The van der Waals surface area contributed by atoms with Gasteiger partial charge in [0.25, 0.3) is 5.91 Å². The van der Waals surface area contributed by atoms with Crippen LogP contribution in [-0.2, 0) is 9.59 Å². The van der Waals surface area contributed by atoms with Crippen molar-refractivity contribution in [3.8, 4) is 0 Å². The number of carboxylic acid groups (broad SMARTS) is 1. The van der Waals surface area contributed by atoms with Crippen molar-refractivity contribution in [3.05, 3.63) is 10.5 Å². The lowest BCUT2D eigenvalue weighted by Crippen LogP contribution is -2.41. The van der Waals surface area contributed by atoms with Crippen LogP contribution in [0.2, 0.25) is 0 Å². The van der Waals surface area contributed by atoms with Crippen LogP contribution in [0.3, 0.4) is 0 Å². The van der Waals surface area contributed by atoms with Crippen LogP contribution in [0.4, 0.5) is 0 Å². The Labute approximate surface area is 147 Å². The lowest BCUT2D eigenvalue weighted by atomic mass is 9.94. The predicted octanol–water partition coefficient (Wildman–Crippen LogP) is 3.94. The number of hydrogen-bond acceptors (Lipinski definition) is 4. The third-order valence-corrected chi connectivity index (χ3v) is 6.45. The number of thioether (sulfide) groups is 1. The first-order valence-corrected chi connectivity index (χ1v) is 9.93. The molecule has 0 spiro atoms. The van der Waals surface area contributed by atoms with Crippen LogP contribution in [0.15, 0.2) is 15.5 Å². The fraction of sp³-hybridized carbons (Fsp3) is 0.722. The Hall–Kier alpha value is -1.30. The van der Waals surface area contributed by atoms with E-state index in [2.05, 4.69) is 0 Å². The summed E-state index contributed by atoms with van der Waals surface area (Å²) in [6.07, 6.45) is 11.3. The molecule has 1 N–H and O–H groups in total. The molecular weight excluding hydrogens is 324 g/mol. The van der Waals surface area contributed by atoms with Crippen LogP contribution in [0, 0.1) is 0 Å². The standard InChI is InChI=1S/C18H26N2O3S/c1-12(17(22)23)15-16(21)20(14-10-6-3-7-11-14)18(24-15)19-13-8-4-2-5-9-13/h13-14H,2-11H2,1H3,(H,22,23)/b15-12+,19-18+. The molecule has 0 aromatic carbocycles. The molecule has 1 aliphatic heterocycles. The summed E-state index contributed by atoms with van der Waals surface area (Å²) in [5.41, 5.74) is 0.139. The van der Waals surface area contributed by atoms with Gasteiger partial charge < -0.3 is 5.11 Å². The van der Waals surface area contributed by atoms with Crippen molar-refractivity contribution in [2.75, 3.05) is 0 Å². The smallest absolute Gasteiger partial charge is 0.332 e. The van der Waals surface area contributed by atoms with Gasteiger partial charge in [0, 0.05) is 6.04 Å². The summed E-state index contributed by atoms with van der Waals surface area (Å²) in [4.78, 5) is 31.3. The second-order valence-electron chi connectivity index (χ2n) is 7.03. The summed E-state index contributed by atoms with van der Waals surface area (Å²) in [6, 6.07) is 0.463. The minimum Gasteiger partial charge on any atom is -0.478 e. The van der Waals surface area contributed by atoms with Gasteiger partial charge in [-0.2, -0.15) is 0 Å². The fourth-order valence-corrected chi connectivity index (χ4v) is 4.97. The van der Waals surface area contributed by atoms with Crippen molar-refractivity contribution < 1.29 is 14.7 Å². The molecule has 6 heteroatoms. The quantitative estimate of drug-likeness (QED) is 0.783. The molecule has 132 valence electrons. The first-order valence-electron chi connectivity index (χ1n) is 9.11. The molecule has 24 heavy (non-hydrogen) atoms. The van der Waals surface area contributed by atoms with Crippen molar-refractivity contribution in [3.63, 3.8) is 0 Å². The summed E-state index contributed by atoms with van der Waals surface area (Å²) in [6.45, 7) is 1.52. The van der Waals surface area contributed by atoms with Crippen LogP contribution < -0.4 is 0 Å². The molecule has 1 amide bonds. The summed E-state index contributed by atoms with van der Waals surface area (Å²) in [5.74, 6) is -1.17. The topological polar surface area (TPSA) is 70.0 Å². The fourth-order valence-electron chi connectivity index (χ4n) is 3.83. The van der Waals surface area contributed by atoms with E-state index >= 15 is 0 Å². The molecule has 0 bridgehead atoms. The molecule has 3 aliphatic rings. The molecule has 3 fully saturated rings. The number of rotatable bonds is 3. The Balaban J connectivity index is 1.90. The average Bonchev–Trinajstić information content (AvgIpc) is 2.92. The Kier molecular flexibility index (Phi) is 5.64. The van der Waals surface area contributed by atoms with E-state index in [4.69, 9.17) is 4.99 Å². The molecule has 3 rings (SSSR count). The van der Waals surface area contributed by atoms with E-state index < -0.39 is 5.97 Å². The van der Waals surface area contributed by atoms with E-state index in [0.717, 1.165) is 43.7 Å². The highest BCUT2D eigenvalue weighted by atomic mass is 32.2. The molecule has 0 unspecified atom stereocenters. The van der Waals surface area contributed by atoms with Crippen molar-refractivity contribution in [2.24, 2.45) is 4.99 Å². The summed E-state index contributed by atoms with van der Waals surface area (Å²) in [7, 11) is 0. The van der Waals surface area contributed by atoms with E-state index in [1.165, 1.54) is 44.4 Å². The maximum Gasteiger partial charge on any atom is 0.332 e. The minimum absolute atomic E-state index is 0.139. The van der Waals surface area contributed by atoms with Crippen LogP contribution in [0.5, 0.6) is 0 Å². The second-order valence-corrected chi connectivity index (χ2v) is 8.01. The zero-order valence-corrected chi connectivity index (χ0v) is 15.1. The molecule has 0 aromatic rings. The normalized spacial score (nSPS) is 27.8. The minimum atomic E-state index is -1.02. The first kappa shape index (κ1) is 17.5. The number of nitrogens with zero attached hydrogens (tertiary/aromatic N) is 2. The van der Waals surface area contributed by atoms with Crippen LogP contribution >= 0.6 is 11.8 Å². The molecule has 0 radical (unpaired) electrons. The molecule has 0 atom stereocenters. The van der Waals surface area contributed by atoms with E-state index in [-0.39, 0.29) is 23.6 Å². The third-order valence-electron chi connectivity index (χ3n) is 5.28. The zero-order valence-electron chi connectivity index (χ0n) is 14.3. The van der Waals surface area contributed by atoms with E-state index in [0.29, 0.717) is 4.91 Å². The molecule has 0 aromatic heterocycles. The van der Waals surface area contributed by atoms with Gasteiger partial charge in [0.2, 0.25) is 0 Å². The van der Waals surface area contributed by atoms with Gasteiger partial charge in [-0.1, -0.05) is 38.5 Å². The summed E-state index contributed by atoms with van der Waals surface area (Å²) < 4.78 is 0. The third kappa shape index (κ3) is 3.68. The van der Waals surface area contributed by atoms with E-state index in [9.17, 15) is 14.7 Å². The average molecular weight is 350 g/mol. The number of amidine groups is 1. The van der Waals surface area contributed by atoms with E-state index in [1.54, 1.807) is 0 Å². The Morgan fingerprint density at radius 1 is 1.08 bits per heavy atom. The number of carbonyl (C=O) groups is 2. The number of hydrogen-bond donors (Lipinski definition) is 1. The largest absolute Gasteiger partial charge is 0.478 e. The molecule has 2 aliphatic carbocycles. The Morgan fingerprint density at radius 3 is 2.25 bits per heavy atom. The maximum atomic E-state index is 12.9. The zero-order chi connectivity index (χ0) is 17.1. The van der Waals surface area contributed by atoms with Crippen molar-refractivity contribution in [2.45, 2.75) is 83.2 Å². The Morgan fingerprint density at radius 2 is 1.67 bits per heavy atom. The highest BCUT2D eigenvalue weighted by molar-refractivity contribution is 8.18. The van der Waals surface area contributed by atoms with Crippen molar-refractivity contribution >= 4 is 28.8 Å². The van der Waals surface area contributed by atoms with Gasteiger partial charge in [0.05, 0.1) is 16.5 Å². The second kappa shape index (κ2) is 7.72. The maximum absolute atomic E-state index is 12.9. The molecule has 1 saturated heterocycles. The lowest BCUT2D eigenvalue weighted by molar-refractivity contribution is -0.133. The highest BCUT2D eigenvalue weighted by Crippen LogP contribution is 2.38. The van der Waals surface area contributed by atoms with Crippen LogP contribution in [0.25, 0.3) is 0 Å². The predicted molar refractivity (Wildman–Crippen MR) is 96.0 cm³/mol. The van der Waals surface area contributed by atoms with Gasteiger partial charge in [-0.3, -0.25) is 14.7 Å². The number of amides is 1. The summed E-state index contributed by atoms with van der Waals surface area (Å²) >= 11 is 1.28. The van der Waals surface area contributed by atoms with Crippen molar-refractivity contribution in [1.82, 2.24) is 4.90 Å². The number of aliphatic carboxylic acids is 1. The number of carboxylic acids is 1. The molecule has 5 nitrogen and oxygen atoms in total. The van der Waals surface area contributed by atoms with Gasteiger partial charge in [0.1, 0.15) is 0 Å². The van der Waals surface area contributed by atoms with Crippen molar-refractivity contribution in [1.29, 1.82) is 0 Å². The van der Waals surface area contributed by atoms with Gasteiger partial charge in [-0.05, 0) is 44.4 Å². The number of aliphatic imine (C=N–C) groups is 1. The molecule has 2 saturated carbocycles. The summed E-state index contributed by atoms with van der Waals surface area (Å²) in [5, 5.41) is 10.0. The molecule has 1 heterocycles. The first-order chi connectivity index (χ1) is 11.6.